The number of unbranched alkanes of at least 4 members (excludes halogenated alkanes) is 28. The number of ketones is 4. The second kappa shape index (κ2) is 51.5. The van der Waals surface area contributed by atoms with Crippen LogP contribution in [0.25, 0.3) is 0 Å². The quantitative estimate of drug-likeness (QED) is 0.0163. The Kier molecular flexibility index (Phi) is 52.1. The van der Waals surface area contributed by atoms with Crippen molar-refractivity contribution in [1.29, 1.82) is 0 Å². The summed E-state index contributed by atoms with van der Waals surface area (Å²) in [5, 5.41) is 13.6. The third-order valence-corrected chi connectivity index (χ3v) is 10.8. The largest absolute Gasteiger partial charge is 0.565 e. The third kappa shape index (κ3) is 53.0. The van der Waals surface area contributed by atoms with Crippen LogP contribution in [0.15, 0.2) is 60.7 Å². The summed E-state index contributed by atoms with van der Waals surface area (Å²) in [4.78, 5) is 57.4. The number of benzene rings is 2. The van der Waals surface area contributed by atoms with Gasteiger partial charge < -0.3 is 19.8 Å². The maximum Gasteiger partial charge on any atom is 0.515 e. The smallest absolute Gasteiger partial charge is 0.515 e. The van der Waals surface area contributed by atoms with Crippen LogP contribution in [0.2, 0.25) is 0 Å². The molecule has 0 aliphatic rings. The van der Waals surface area contributed by atoms with Crippen molar-refractivity contribution in [2.45, 2.75) is 233 Å². The molecule has 9 heteroatoms. The molecule has 0 saturated carbocycles. The monoisotopic (exact) mass is 945 g/mol. The van der Waals surface area contributed by atoms with Gasteiger partial charge in [0.05, 0.1) is 0 Å². The molecule has 0 saturated heterocycles. The summed E-state index contributed by atoms with van der Waals surface area (Å²) in [5.41, 5.74) is 1.40. The number of hydrogen-bond donors (Lipinski definition) is 0. The van der Waals surface area contributed by atoms with Gasteiger partial charge in [-0.05, 0) is 25.7 Å². The molecule has 0 atom stereocenters. The Labute approximate surface area is 411 Å². The topological polar surface area (TPSA) is 166 Å². The van der Waals surface area contributed by atoms with E-state index in [0.29, 0.717) is 24.0 Å². The normalized spacial score (nSPS) is 10.0. The van der Waals surface area contributed by atoms with Gasteiger partial charge in [-0.3, -0.25) is 9.59 Å². The summed E-state index contributed by atoms with van der Waals surface area (Å²) >= 11 is 0. The van der Waals surface area contributed by atoms with E-state index in [4.69, 9.17) is 19.8 Å². The van der Waals surface area contributed by atoms with E-state index in [2.05, 4.69) is 13.8 Å². The molecule has 8 N–H and O–H groups in total. The van der Waals surface area contributed by atoms with Gasteiger partial charge >= 0.3 is 11.9 Å². The zero-order valence-corrected chi connectivity index (χ0v) is 43.2. The number of carbonyl (C=O) groups is 2. The molecule has 0 aliphatic heterocycles. The van der Waals surface area contributed by atoms with Crippen molar-refractivity contribution < 1.29 is 60.7 Å². The van der Waals surface area contributed by atoms with Gasteiger partial charge in [0.25, 0.3) is 0 Å². The SMILES string of the molecule is CC(=[OH+])[CH-]C(=[OH+])c1ccccc1.CC(=[OH+])[CH-]C(=[OH+])c1ccccc1.CCCCCCCCCCCCCCCCCC(=O)[OH2+].CCCCCCCCCCCCCCCCCC(=O)[OH2+].[Ti]. The molecule has 0 bridgehead atoms. The number of hydrogen-bond acceptors (Lipinski definition) is 2. The second-order valence-electron chi connectivity index (χ2n) is 17.3. The van der Waals surface area contributed by atoms with Crippen molar-refractivity contribution in [3.63, 3.8) is 0 Å². The van der Waals surface area contributed by atoms with E-state index in [0.717, 1.165) is 25.7 Å². The Hall–Kier alpha value is -3.49. The Bertz CT molecular complexity index is 1300. The van der Waals surface area contributed by atoms with Crippen LogP contribution < -0.4 is 0 Å². The Morgan fingerprint density at radius 3 is 0.769 bits per heavy atom. The minimum absolute atomic E-state index is 0. The first-order chi connectivity index (χ1) is 30.9. The first-order valence-corrected chi connectivity index (χ1v) is 25.4. The summed E-state index contributed by atoms with van der Waals surface area (Å²) in [5.74, 6) is -0.460. The van der Waals surface area contributed by atoms with Crippen molar-refractivity contribution in [3.8, 4) is 0 Å². The van der Waals surface area contributed by atoms with E-state index in [1.165, 1.54) is 194 Å². The van der Waals surface area contributed by atoms with Gasteiger partial charge in [0.15, 0.2) is 0 Å². The van der Waals surface area contributed by atoms with Gasteiger partial charge in [-0.1, -0.05) is 241 Å². The maximum atomic E-state index is 10.4. The van der Waals surface area contributed by atoms with Crippen LogP contribution in [0, 0.1) is 12.8 Å². The predicted molar refractivity (Wildman–Crippen MR) is 275 cm³/mol. The molecule has 0 spiro atoms. The van der Waals surface area contributed by atoms with E-state index >= 15 is 0 Å². The van der Waals surface area contributed by atoms with Gasteiger partial charge in [-0.15, -0.1) is 24.3 Å². The number of rotatable bonds is 38. The van der Waals surface area contributed by atoms with E-state index in [9.17, 15) is 19.2 Å². The summed E-state index contributed by atoms with van der Waals surface area (Å²) in [6.45, 7) is 7.57. The van der Waals surface area contributed by atoms with E-state index in [1.54, 1.807) is 24.3 Å². The molecule has 65 heavy (non-hydrogen) atoms. The summed E-state index contributed by atoms with van der Waals surface area (Å²) in [7, 11) is 0. The molecule has 0 fully saturated rings. The molecule has 0 heterocycles. The van der Waals surface area contributed by atoms with Gasteiger partial charge in [0, 0.05) is 45.2 Å². The molecule has 0 amide bonds. The second-order valence-corrected chi connectivity index (χ2v) is 17.3. The average Bonchev–Trinajstić information content (AvgIpc) is 3.27. The minimum atomic E-state index is -0.403. The standard InChI is InChI=1S/2C18H36O2.2C10H9O2.Ti/c2*1-2-3-4-5-6-7-8-9-10-11-12-13-14-15-16-17-18(19)20;2*1-8(11)7-10(12)9-5-3-2-4-6-9;/h2*2-17H2,1H3,(H,19,20);2*2-7H,1H3;/q;;2*-1;/p+6. The first kappa shape index (κ1) is 65.8. The van der Waals surface area contributed by atoms with Crippen LogP contribution in [0.3, 0.4) is 0 Å². The van der Waals surface area contributed by atoms with Crippen molar-refractivity contribution in [3.05, 3.63) is 84.6 Å². The molecular formula is C56H96O8Ti+4. The fourth-order valence-electron chi connectivity index (χ4n) is 7.09. The van der Waals surface area contributed by atoms with E-state index < -0.39 is 11.9 Å². The van der Waals surface area contributed by atoms with Crippen LogP contribution in [0.4, 0.5) is 0 Å². The van der Waals surface area contributed by atoms with Gasteiger partial charge in [0.2, 0.25) is 23.1 Å². The van der Waals surface area contributed by atoms with Crippen molar-refractivity contribution in [2.75, 3.05) is 0 Å². The van der Waals surface area contributed by atoms with E-state index in [-0.39, 0.29) is 44.9 Å². The van der Waals surface area contributed by atoms with Crippen molar-refractivity contribution >= 4 is 35.1 Å². The maximum absolute atomic E-state index is 10.4. The predicted octanol–water partition coefficient (Wildman–Crippen LogP) is 13.7. The van der Waals surface area contributed by atoms with Crippen LogP contribution >= 0.6 is 0 Å². The third-order valence-electron chi connectivity index (χ3n) is 10.8. The molecule has 2 aromatic carbocycles. The summed E-state index contributed by atoms with van der Waals surface area (Å²) in [6, 6.07) is 18.1. The van der Waals surface area contributed by atoms with Crippen LogP contribution in [0.1, 0.15) is 244 Å². The van der Waals surface area contributed by atoms with Crippen LogP contribution in [0.5, 0.6) is 0 Å². The van der Waals surface area contributed by atoms with Gasteiger partial charge in [0.1, 0.15) is 12.8 Å². The van der Waals surface area contributed by atoms with Gasteiger partial charge in [-0.25, -0.2) is 0 Å². The van der Waals surface area contributed by atoms with Crippen LogP contribution in [-0.2, 0) is 31.3 Å². The molecule has 8 nitrogen and oxygen atoms in total. The molecule has 2 aromatic rings. The zero-order valence-electron chi connectivity index (χ0n) is 41.7. The fourth-order valence-corrected chi connectivity index (χ4v) is 7.09. The summed E-state index contributed by atoms with van der Waals surface area (Å²) < 4.78 is 0. The molecule has 0 aliphatic carbocycles. The molecule has 0 unspecified atom stereocenters. The minimum Gasteiger partial charge on any atom is -0.565 e. The zero-order chi connectivity index (χ0) is 47.7. The molecular weight excluding hydrogens is 848 g/mol. The van der Waals surface area contributed by atoms with E-state index in [1.807, 2.05) is 36.4 Å². The Balaban J connectivity index is -0.000000804. The average molecular weight is 945 g/mol. The molecule has 368 valence electrons. The number of carbonyl (C=O) groups excluding carboxylic acids is 6. The van der Waals surface area contributed by atoms with Crippen molar-refractivity contribution in [2.24, 2.45) is 0 Å². The molecule has 0 aromatic heterocycles. The van der Waals surface area contributed by atoms with Crippen molar-refractivity contribution in [1.82, 2.24) is 0 Å². The fraction of sp³-hybridized carbons (Fsp3) is 0.643. The van der Waals surface area contributed by atoms with Crippen LogP contribution in [-0.4, -0.2) is 64.5 Å². The molecule has 0 radical (unpaired) electrons. The van der Waals surface area contributed by atoms with Gasteiger partial charge in [-0.2, -0.15) is 0 Å². The first-order valence-electron chi connectivity index (χ1n) is 25.4. The molecule has 2 rings (SSSR count). The Morgan fingerprint density at radius 1 is 0.385 bits per heavy atom. The summed E-state index contributed by atoms with van der Waals surface area (Å²) in [6.07, 6.45) is 43.7. The Morgan fingerprint density at radius 2 is 0.585 bits per heavy atom.